The Bertz CT molecular complexity index is 1090. The molecule has 1 N–H and O–H groups in total. The molecule has 1 saturated heterocycles. The maximum atomic E-state index is 14.4. The first kappa shape index (κ1) is 24.7. The predicted octanol–water partition coefficient (Wildman–Crippen LogP) is 4.66. The number of ether oxygens (including phenoxy) is 1. The molecular formula is C28H35FN4O3. The van der Waals surface area contributed by atoms with E-state index in [1.165, 1.54) is 6.07 Å². The van der Waals surface area contributed by atoms with Crippen LogP contribution in [-0.2, 0) is 10.2 Å². The van der Waals surface area contributed by atoms with E-state index in [0.29, 0.717) is 24.8 Å². The van der Waals surface area contributed by atoms with Crippen LogP contribution < -0.4 is 10.2 Å². The second-order valence-electron chi connectivity index (χ2n) is 10.3. The lowest BCUT2D eigenvalue weighted by Gasteiger charge is -2.43. The number of fused-ring (bicyclic) bond motifs is 2. The summed E-state index contributed by atoms with van der Waals surface area (Å²) in [7, 11) is 0. The number of piperidine rings is 1. The summed E-state index contributed by atoms with van der Waals surface area (Å²) in [5, 5.41) is 3.05. The van der Waals surface area contributed by atoms with Crippen LogP contribution in [0.1, 0.15) is 67.8 Å². The van der Waals surface area contributed by atoms with E-state index in [0.717, 1.165) is 69.3 Å². The Morgan fingerprint density at radius 2 is 1.89 bits per heavy atom. The van der Waals surface area contributed by atoms with E-state index in [9.17, 15) is 14.0 Å². The Balaban J connectivity index is 1.31. The third kappa shape index (κ3) is 4.96. The van der Waals surface area contributed by atoms with Crippen molar-refractivity contribution in [2.24, 2.45) is 0 Å². The fraction of sp³-hybridized carbons (Fsp3) is 0.536. The van der Waals surface area contributed by atoms with E-state index >= 15 is 0 Å². The number of hydrogen-bond donors (Lipinski definition) is 1. The monoisotopic (exact) mass is 494 g/mol. The predicted molar refractivity (Wildman–Crippen MR) is 136 cm³/mol. The van der Waals surface area contributed by atoms with Crippen LogP contribution in [0.5, 0.6) is 0 Å². The molecule has 192 valence electrons. The number of halogens is 1. The van der Waals surface area contributed by atoms with Crippen molar-refractivity contribution in [1.29, 1.82) is 0 Å². The quantitative estimate of drug-likeness (QED) is 0.626. The fourth-order valence-electron chi connectivity index (χ4n) is 6.35. The van der Waals surface area contributed by atoms with Gasteiger partial charge in [0.15, 0.2) is 0 Å². The minimum Gasteiger partial charge on any atom is -0.450 e. The molecule has 8 heteroatoms. The molecule has 1 aromatic carbocycles. The van der Waals surface area contributed by atoms with Crippen molar-refractivity contribution in [3.63, 3.8) is 0 Å². The number of rotatable bonds is 4. The van der Waals surface area contributed by atoms with Crippen LogP contribution in [0.25, 0.3) is 0 Å². The zero-order valence-corrected chi connectivity index (χ0v) is 20.9. The van der Waals surface area contributed by atoms with Gasteiger partial charge in [-0.3, -0.25) is 9.78 Å². The second kappa shape index (κ2) is 10.5. The molecule has 1 saturated carbocycles. The average Bonchev–Trinajstić information content (AvgIpc) is 3.02. The number of amides is 2. The maximum absolute atomic E-state index is 14.4. The lowest BCUT2D eigenvalue weighted by molar-refractivity contribution is 0.0934. The van der Waals surface area contributed by atoms with Crippen LogP contribution in [0.2, 0.25) is 0 Å². The smallest absolute Gasteiger partial charge is 0.407 e. The Morgan fingerprint density at radius 3 is 2.64 bits per heavy atom. The van der Waals surface area contributed by atoms with Crippen molar-refractivity contribution in [3.05, 3.63) is 59.7 Å². The van der Waals surface area contributed by atoms with Gasteiger partial charge in [0.1, 0.15) is 5.82 Å². The first-order valence-corrected chi connectivity index (χ1v) is 13.2. The Hall–Kier alpha value is -3.00. The molecule has 3 aliphatic rings. The minimum absolute atomic E-state index is 0.0683. The van der Waals surface area contributed by atoms with Gasteiger partial charge in [-0.25, -0.2) is 9.18 Å². The van der Waals surface area contributed by atoms with Gasteiger partial charge in [-0.2, -0.15) is 0 Å². The molecule has 5 rings (SSSR count). The SMILES string of the molecule is CCOC(=O)NC1CCCCC(N2CCC3(CC2)CN(C(=O)c2ccncc2)c2ccc(F)cc23)C1. The van der Waals surface area contributed by atoms with Crippen molar-refractivity contribution >= 4 is 17.7 Å². The van der Waals surface area contributed by atoms with E-state index in [2.05, 4.69) is 15.2 Å². The molecule has 1 spiro atoms. The number of carbonyl (C=O) groups is 2. The minimum atomic E-state index is -0.329. The van der Waals surface area contributed by atoms with Gasteiger partial charge in [0.25, 0.3) is 5.91 Å². The first-order valence-electron chi connectivity index (χ1n) is 13.2. The molecule has 2 fully saturated rings. The molecule has 0 radical (unpaired) electrons. The average molecular weight is 495 g/mol. The van der Waals surface area contributed by atoms with Crippen molar-refractivity contribution in [2.75, 3.05) is 31.1 Å². The number of likely N-dealkylation sites (tertiary alicyclic amines) is 1. The fourth-order valence-corrected chi connectivity index (χ4v) is 6.35. The van der Waals surface area contributed by atoms with Gasteiger partial charge in [-0.1, -0.05) is 12.8 Å². The van der Waals surface area contributed by atoms with Crippen LogP contribution in [0.3, 0.4) is 0 Å². The highest BCUT2D eigenvalue weighted by atomic mass is 19.1. The summed E-state index contributed by atoms with van der Waals surface area (Å²) in [6, 6.07) is 8.82. The van der Waals surface area contributed by atoms with Crippen LogP contribution in [-0.4, -0.2) is 60.2 Å². The lowest BCUT2D eigenvalue weighted by atomic mass is 9.74. The standard InChI is InChI=1S/C28H35FN4O3/c1-2-36-27(35)31-22-5-3-4-6-23(18-22)32-15-11-28(12-16-32)19-33(25-8-7-21(29)17-24(25)28)26(34)20-9-13-30-14-10-20/h7-10,13-14,17,22-23H,2-6,11-12,15-16,18-19H2,1H3,(H,31,35). The lowest BCUT2D eigenvalue weighted by Crippen LogP contribution is -2.50. The molecule has 2 atom stereocenters. The number of alkyl carbamates (subject to hydrolysis) is 1. The third-order valence-electron chi connectivity index (χ3n) is 8.22. The highest BCUT2D eigenvalue weighted by molar-refractivity contribution is 6.07. The van der Waals surface area contributed by atoms with Gasteiger partial charge < -0.3 is 19.9 Å². The normalized spacial score (nSPS) is 23.7. The molecule has 2 aromatic rings. The van der Waals surface area contributed by atoms with E-state index in [-0.39, 0.29) is 29.3 Å². The van der Waals surface area contributed by atoms with Crippen LogP contribution in [0, 0.1) is 5.82 Å². The summed E-state index contributed by atoms with van der Waals surface area (Å²) in [5.41, 5.74) is 2.12. The summed E-state index contributed by atoms with van der Waals surface area (Å²) in [5.74, 6) is -0.327. The molecule has 1 aliphatic carbocycles. The summed E-state index contributed by atoms with van der Waals surface area (Å²) in [6.45, 7) is 4.54. The number of benzene rings is 1. The van der Waals surface area contributed by atoms with E-state index in [4.69, 9.17) is 4.74 Å². The highest BCUT2D eigenvalue weighted by Crippen LogP contribution is 2.48. The topological polar surface area (TPSA) is 74.8 Å². The van der Waals surface area contributed by atoms with Crippen LogP contribution >= 0.6 is 0 Å². The molecule has 2 amide bonds. The van der Waals surface area contributed by atoms with E-state index in [1.54, 1.807) is 36.7 Å². The Kier molecular flexibility index (Phi) is 7.23. The van der Waals surface area contributed by atoms with Crippen molar-refractivity contribution < 1.29 is 18.7 Å². The molecule has 1 aromatic heterocycles. The number of anilines is 1. The van der Waals surface area contributed by atoms with Crippen LogP contribution in [0.4, 0.5) is 14.9 Å². The number of hydrogen-bond acceptors (Lipinski definition) is 5. The Labute approximate surface area is 212 Å². The van der Waals surface area contributed by atoms with E-state index < -0.39 is 0 Å². The van der Waals surface area contributed by atoms with Gasteiger partial charge in [-0.05, 0) is 88.0 Å². The number of nitrogens with zero attached hydrogens (tertiary/aromatic N) is 3. The number of pyridine rings is 1. The van der Waals surface area contributed by atoms with Crippen LogP contribution in [0.15, 0.2) is 42.7 Å². The number of aromatic nitrogens is 1. The first-order chi connectivity index (χ1) is 17.5. The van der Waals surface area contributed by atoms with Crippen molar-refractivity contribution in [1.82, 2.24) is 15.2 Å². The molecule has 2 aliphatic heterocycles. The maximum Gasteiger partial charge on any atom is 0.407 e. The molecule has 2 unspecified atom stereocenters. The molecule has 7 nitrogen and oxygen atoms in total. The number of carbonyl (C=O) groups excluding carboxylic acids is 2. The molecule has 3 heterocycles. The third-order valence-corrected chi connectivity index (χ3v) is 8.22. The summed E-state index contributed by atoms with van der Waals surface area (Å²) in [4.78, 5) is 33.8. The van der Waals surface area contributed by atoms with Gasteiger partial charge in [0.2, 0.25) is 0 Å². The van der Waals surface area contributed by atoms with E-state index in [1.807, 2.05) is 11.8 Å². The molecule has 36 heavy (non-hydrogen) atoms. The van der Waals surface area contributed by atoms with Gasteiger partial charge >= 0.3 is 6.09 Å². The highest BCUT2D eigenvalue weighted by Gasteiger charge is 2.47. The van der Waals surface area contributed by atoms with Gasteiger partial charge in [-0.15, -0.1) is 0 Å². The zero-order valence-electron chi connectivity index (χ0n) is 20.9. The van der Waals surface area contributed by atoms with Crippen molar-refractivity contribution in [3.8, 4) is 0 Å². The van der Waals surface area contributed by atoms with Crippen molar-refractivity contribution in [2.45, 2.75) is 69.4 Å². The summed E-state index contributed by atoms with van der Waals surface area (Å²) < 4.78 is 19.5. The summed E-state index contributed by atoms with van der Waals surface area (Å²) in [6.07, 6.45) is 9.93. The zero-order chi connectivity index (χ0) is 25.1. The molecule has 0 bridgehead atoms. The van der Waals surface area contributed by atoms with Gasteiger partial charge in [0.05, 0.1) is 6.61 Å². The largest absolute Gasteiger partial charge is 0.450 e. The number of nitrogens with one attached hydrogen (secondary N) is 1. The second-order valence-corrected chi connectivity index (χ2v) is 10.3. The molecular weight excluding hydrogens is 459 g/mol. The van der Waals surface area contributed by atoms with Gasteiger partial charge in [0, 0.05) is 47.7 Å². The summed E-state index contributed by atoms with van der Waals surface area (Å²) >= 11 is 0. The Morgan fingerprint density at radius 1 is 1.14 bits per heavy atom.